The van der Waals surface area contributed by atoms with Gasteiger partial charge in [0.1, 0.15) is 16.9 Å². The summed E-state index contributed by atoms with van der Waals surface area (Å²) in [6, 6.07) is 9.92. The smallest absolute Gasteiger partial charge is 0.246 e. The number of rotatable bonds is 2. The number of sulfonamides is 1. The average Bonchev–Trinajstić information content (AvgIpc) is 2.52. The van der Waals surface area contributed by atoms with Crippen LogP contribution in [0.25, 0.3) is 0 Å². The van der Waals surface area contributed by atoms with E-state index < -0.39 is 32.4 Å². The highest BCUT2D eigenvalue weighted by Crippen LogP contribution is 2.45. The quantitative estimate of drug-likeness (QED) is 0.842. The maximum Gasteiger partial charge on any atom is 0.246 e. The molecule has 1 aliphatic heterocycles. The number of halogens is 2. The van der Waals surface area contributed by atoms with Gasteiger partial charge in [-0.3, -0.25) is 5.41 Å². The third-order valence-corrected chi connectivity index (χ3v) is 7.02. The van der Waals surface area contributed by atoms with E-state index in [0.29, 0.717) is 11.6 Å². The average molecular weight is 379 g/mol. The molecule has 0 radical (unpaired) electrons. The van der Waals surface area contributed by atoms with E-state index in [0.717, 1.165) is 15.9 Å². The molecule has 0 aromatic heterocycles. The lowest BCUT2D eigenvalue weighted by molar-refractivity contribution is 0.344. The molecule has 0 bridgehead atoms. The van der Waals surface area contributed by atoms with Gasteiger partial charge in [-0.25, -0.2) is 21.5 Å². The fourth-order valence-corrected chi connectivity index (χ4v) is 5.32. The van der Waals surface area contributed by atoms with Crippen molar-refractivity contribution in [3.8, 4) is 0 Å². The predicted octanol–water partition coefficient (Wildman–Crippen LogP) is 3.03. The molecule has 0 amide bonds. The Labute approximate surface area is 151 Å². The zero-order chi connectivity index (χ0) is 19.3. The fourth-order valence-electron chi connectivity index (χ4n) is 3.43. The van der Waals surface area contributed by atoms with E-state index in [1.807, 2.05) is 13.0 Å². The van der Waals surface area contributed by atoms with Gasteiger partial charge in [-0.05, 0) is 25.5 Å². The van der Waals surface area contributed by atoms with Gasteiger partial charge < -0.3 is 5.32 Å². The second kappa shape index (κ2) is 6.05. The van der Waals surface area contributed by atoms with Gasteiger partial charge in [-0.1, -0.05) is 35.9 Å². The van der Waals surface area contributed by atoms with Crippen LogP contribution in [0.3, 0.4) is 0 Å². The van der Waals surface area contributed by atoms with Crippen molar-refractivity contribution in [3.63, 3.8) is 0 Å². The number of guanidine groups is 1. The Morgan fingerprint density at radius 3 is 2.50 bits per heavy atom. The molecule has 1 heterocycles. The molecule has 2 aromatic rings. The molecule has 3 rings (SSSR count). The molecule has 138 valence electrons. The molecule has 0 aliphatic carbocycles. The van der Waals surface area contributed by atoms with Crippen molar-refractivity contribution in [2.75, 3.05) is 7.05 Å². The van der Waals surface area contributed by atoms with E-state index in [1.54, 1.807) is 18.2 Å². The normalized spacial score (nSPS) is 25.0. The van der Waals surface area contributed by atoms with Gasteiger partial charge in [-0.15, -0.1) is 0 Å². The molecule has 26 heavy (non-hydrogen) atoms. The summed E-state index contributed by atoms with van der Waals surface area (Å²) in [5, 5.41) is 9.61. The minimum Gasteiger partial charge on any atom is -0.345 e. The van der Waals surface area contributed by atoms with E-state index in [2.05, 4.69) is 5.32 Å². The monoisotopic (exact) mass is 379 g/mol. The zero-order valence-electron chi connectivity index (χ0n) is 14.5. The maximum absolute atomic E-state index is 14.6. The molecule has 0 spiro atoms. The Morgan fingerprint density at radius 2 is 1.88 bits per heavy atom. The topological polar surface area (TPSA) is 73.3 Å². The second-order valence-electron chi connectivity index (χ2n) is 6.61. The summed E-state index contributed by atoms with van der Waals surface area (Å²) in [6.07, 6.45) is 0. The van der Waals surface area contributed by atoms with Crippen LogP contribution in [-0.4, -0.2) is 25.7 Å². The Kier molecular flexibility index (Phi) is 4.26. The molecule has 5 nitrogen and oxygen atoms in total. The molecule has 2 aromatic carbocycles. The highest BCUT2D eigenvalue weighted by molar-refractivity contribution is 7.90. The SMILES string of the molecule is Cc1cccc([C@@H]2[C@@](C)(c3ccc(F)cc3F)NC(=N)N(C)S2(=O)=O)c1. The van der Waals surface area contributed by atoms with Crippen LogP contribution < -0.4 is 5.32 Å². The Bertz CT molecular complexity index is 994. The third-order valence-electron chi connectivity index (χ3n) is 4.73. The zero-order valence-corrected chi connectivity index (χ0v) is 15.4. The van der Waals surface area contributed by atoms with E-state index in [1.165, 1.54) is 20.0 Å². The highest BCUT2D eigenvalue weighted by Gasteiger charge is 2.53. The lowest BCUT2D eigenvalue weighted by Gasteiger charge is -2.46. The fraction of sp³-hybridized carbons (Fsp3) is 0.278. The molecular weight excluding hydrogens is 360 g/mol. The summed E-state index contributed by atoms with van der Waals surface area (Å²) in [4.78, 5) is 0. The minimum absolute atomic E-state index is 0.0215. The Hall–Kier alpha value is -2.48. The molecule has 1 saturated heterocycles. The van der Waals surface area contributed by atoms with Crippen LogP contribution in [0, 0.1) is 24.0 Å². The van der Waals surface area contributed by atoms with Gasteiger partial charge >= 0.3 is 0 Å². The van der Waals surface area contributed by atoms with Crippen LogP contribution in [0.5, 0.6) is 0 Å². The minimum atomic E-state index is -4.02. The first-order valence-electron chi connectivity index (χ1n) is 7.94. The van der Waals surface area contributed by atoms with Crippen LogP contribution >= 0.6 is 0 Å². The third kappa shape index (κ3) is 2.74. The van der Waals surface area contributed by atoms with Gasteiger partial charge in [0.25, 0.3) is 0 Å². The van der Waals surface area contributed by atoms with Crippen molar-refractivity contribution in [1.29, 1.82) is 5.41 Å². The van der Waals surface area contributed by atoms with Crippen LogP contribution in [-0.2, 0) is 15.6 Å². The summed E-state index contributed by atoms with van der Waals surface area (Å²) in [5.41, 5.74) is -0.202. The lowest BCUT2D eigenvalue weighted by atomic mass is 9.84. The van der Waals surface area contributed by atoms with Gasteiger partial charge in [0.2, 0.25) is 16.0 Å². The number of hydrogen-bond acceptors (Lipinski definition) is 3. The van der Waals surface area contributed by atoms with Gasteiger partial charge in [-0.2, -0.15) is 0 Å². The lowest BCUT2D eigenvalue weighted by Crippen LogP contribution is -2.62. The summed E-state index contributed by atoms with van der Waals surface area (Å²) in [7, 11) is -2.75. The number of nitrogens with zero attached hydrogens (tertiary/aromatic N) is 1. The van der Waals surface area contributed by atoms with Crippen molar-refractivity contribution >= 4 is 16.0 Å². The maximum atomic E-state index is 14.6. The second-order valence-corrected chi connectivity index (χ2v) is 8.66. The molecule has 1 aliphatic rings. The number of nitrogens with one attached hydrogen (secondary N) is 2. The predicted molar refractivity (Wildman–Crippen MR) is 95.2 cm³/mol. The summed E-state index contributed by atoms with van der Waals surface area (Å²) in [5.74, 6) is -2.00. The standard InChI is InChI=1S/C18H19F2N3O2S/c1-11-5-4-6-12(9-11)16-18(2,14-8-7-13(19)10-15(14)20)22-17(21)23(3)26(16,24)25/h4-10,16H,1-3H3,(H2,21,22)/t16-,18-/m1/s1. The largest absolute Gasteiger partial charge is 0.345 e. The van der Waals surface area contributed by atoms with Crippen molar-refractivity contribution < 1.29 is 17.2 Å². The highest BCUT2D eigenvalue weighted by atomic mass is 32.2. The molecular formula is C18H19F2N3O2S. The molecule has 0 unspecified atom stereocenters. The van der Waals surface area contributed by atoms with E-state index in [-0.39, 0.29) is 11.5 Å². The van der Waals surface area contributed by atoms with Crippen molar-refractivity contribution in [2.24, 2.45) is 0 Å². The number of benzene rings is 2. The van der Waals surface area contributed by atoms with E-state index in [9.17, 15) is 17.2 Å². The van der Waals surface area contributed by atoms with Gasteiger partial charge in [0.15, 0.2) is 0 Å². The molecule has 2 N–H and O–H groups in total. The molecule has 2 atom stereocenters. The van der Waals surface area contributed by atoms with Crippen LogP contribution in [0.1, 0.15) is 28.9 Å². The van der Waals surface area contributed by atoms with E-state index in [4.69, 9.17) is 5.41 Å². The van der Waals surface area contributed by atoms with Crippen molar-refractivity contribution in [2.45, 2.75) is 24.6 Å². The molecule has 1 fully saturated rings. The van der Waals surface area contributed by atoms with Crippen LogP contribution in [0.15, 0.2) is 42.5 Å². The number of aryl methyl sites for hydroxylation is 1. The van der Waals surface area contributed by atoms with Crippen molar-refractivity contribution in [3.05, 3.63) is 70.8 Å². The van der Waals surface area contributed by atoms with Crippen molar-refractivity contribution in [1.82, 2.24) is 9.62 Å². The van der Waals surface area contributed by atoms with Crippen LogP contribution in [0.2, 0.25) is 0 Å². The van der Waals surface area contributed by atoms with Crippen LogP contribution in [0.4, 0.5) is 8.78 Å². The first kappa shape index (κ1) is 18.3. The first-order valence-corrected chi connectivity index (χ1v) is 9.44. The Morgan fingerprint density at radius 1 is 1.19 bits per heavy atom. The van der Waals surface area contributed by atoms with E-state index >= 15 is 0 Å². The Balaban J connectivity index is 2.31. The summed E-state index contributed by atoms with van der Waals surface area (Å²) in [6.45, 7) is 3.34. The molecule has 8 heteroatoms. The summed E-state index contributed by atoms with van der Waals surface area (Å²) < 4.78 is 55.1. The first-order chi connectivity index (χ1) is 12.1. The van der Waals surface area contributed by atoms with Gasteiger partial charge in [0, 0.05) is 18.7 Å². The molecule has 0 saturated carbocycles. The number of hydrogen-bond donors (Lipinski definition) is 2. The van der Waals surface area contributed by atoms with Gasteiger partial charge in [0.05, 0.1) is 5.54 Å². The summed E-state index contributed by atoms with van der Waals surface area (Å²) >= 11 is 0.